The third kappa shape index (κ3) is 3.57. The van der Waals surface area contributed by atoms with E-state index in [9.17, 15) is 14.7 Å². The van der Waals surface area contributed by atoms with Gasteiger partial charge in [-0.2, -0.15) is 0 Å². The minimum atomic E-state index is -0.479. The number of hydrogen-bond donors (Lipinski definition) is 4. The van der Waals surface area contributed by atoms with Gasteiger partial charge in [-0.3, -0.25) is 9.59 Å². The fourth-order valence-electron chi connectivity index (χ4n) is 2.62. The van der Waals surface area contributed by atoms with E-state index in [0.29, 0.717) is 23.5 Å². The van der Waals surface area contributed by atoms with Crippen molar-refractivity contribution in [3.05, 3.63) is 47.2 Å². The topological polar surface area (TPSA) is 94.2 Å². The maximum absolute atomic E-state index is 12.4. The number of Topliss-reactive ketones (excluding diaryl/α,β-unsaturated/α-hetero) is 1. The molecule has 0 saturated heterocycles. The lowest BCUT2D eigenvalue weighted by Crippen LogP contribution is -2.22. The zero-order valence-corrected chi connectivity index (χ0v) is 14.4. The molecule has 130 valence electrons. The van der Waals surface area contributed by atoms with Crippen LogP contribution in [0.2, 0.25) is 0 Å². The highest BCUT2D eigenvalue weighted by molar-refractivity contribution is 6.09. The number of rotatable bonds is 3. The largest absolute Gasteiger partial charge is 0.508 e. The summed E-state index contributed by atoms with van der Waals surface area (Å²) >= 11 is 0. The van der Waals surface area contributed by atoms with Crippen LogP contribution in [0, 0.1) is 5.41 Å². The third-order valence-corrected chi connectivity index (χ3v) is 3.96. The number of phenolic OH excluding ortho intramolecular Hbond substituents is 1. The molecule has 3 rings (SSSR count). The number of carbonyl (C=O) groups is 2. The van der Waals surface area contributed by atoms with E-state index in [2.05, 4.69) is 15.6 Å². The lowest BCUT2D eigenvalue weighted by atomic mass is 9.89. The Labute approximate surface area is 146 Å². The standard InChI is InChI=1S/C19H21N3O3/c1-19(2,3)16(24)15-8-11-7-12(10-20-17(11)22-15)18(25)21-13-5-4-6-14(23)9-13/h4-9,20,22-23H,10H2,1-3H3,(H,21,25). The second-order valence-corrected chi connectivity index (χ2v) is 7.12. The predicted molar refractivity (Wildman–Crippen MR) is 97.8 cm³/mol. The minimum absolute atomic E-state index is 0.0165. The molecule has 1 aliphatic rings. The minimum Gasteiger partial charge on any atom is -0.508 e. The molecule has 6 nitrogen and oxygen atoms in total. The van der Waals surface area contributed by atoms with Crippen molar-refractivity contribution >= 4 is 29.3 Å². The first kappa shape index (κ1) is 16.8. The van der Waals surface area contributed by atoms with Gasteiger partial charge in [-0.25, -0.2) is 0 Å². The molecule has 0 saturated carbocycles. The molecule has 0 aliphatic carbocycles. The van der Waals surface area contributed by atoms with Gasteiger partial charge in [-0.15, -0.1) is 0 Å². The number of anilines is 2. The van der Waals surface area contributed by atoms with Crippen molar-refractivity contribution in [1.82, 2.24) is 4.98 Å². The molecule has 2 aromatic rings. The van der Waals surface area contributed by atoms with Gasteiger partial charge >= 0.3 is 0 Å². The first-order valence-corrected chi connectivity index (χ1v) is 8.07. The van der Waals surface area contributed by atoms with Gasteiger partial charge < -0.3 is 20.7 Å². The Morgan fingerprint density at radius 2 is 1.96 bits per heavy atom. The fraction of sp³-hybridized carbons (Fsp3) is 0.263. The number of ketones is 1. The van der Waals surface area contributed by atoms with Crippen LogP contribution in [-0.2, 0) is 4.79 Å². The second-order valence-electron chi connectivity index (χ2n) is 7.12. The van der Waals surface area contributed by atoms with Crippen molar-refractivity contribution in [1.29, 1.82) is 0 Å². The molecule has 2 heterocycles. The van der Waals surface area contributed by atoms with E-state index in [1.807, 2.05) is 20.8 Å². The number of aromatic amines is 1. The summed E-state index contributed by atoms with van der Waals surface area (Å²) in [7, 11) is 0. The molecule has 25 heavy (non-hydrogen) atoms. The Morgan fingerprint density at radius 3 is 2.64 bits per heavy atom. The molecule has 1 aromatic carbocycles. The van der Waals surface area contributed by atoms with Crippen LogP contribution in [-0.4, -0.2) is 28.3 Å². The molecule has 1 amide bonds. The molecule has 0 bridgehead atoms. The summed E-state index contributed by atoms with van der Waals surface area (Å²) in [4.78, 5) is 27.9. The van der Waals surface area contributed by atoms with Crippen LogP contribution in [0.5, 0.6) is 5.75 Å². The van der Waals surface area contributed by atoms with Gasteiger partial charge in [0.2, 0.25) is 0 Å². The number of H-pyrrole nitrogens is 1. The molecular formula is C19H21N3O3. The number of aromatic nitrogens is 1. The monoisotopic (exact) mass is 339 g/mol. The Hall–Kier alpha value is -3.02. The maximum atomic E-state index is 12.4. The molecular weight excluding hydrogens is 318 g/mol. The van der Waals surface area contributed by atoms with E-state index in [1.54, 1.807) is 24.3 Å². The lowest BCUT2D eigenvalue weighted by molar-refractivity contribution is -0.112. The quantitative estimate of drug-likeness (QED) is 0.645. The van der Waals surface area contributed by atoms with Gasteiger partial charge in [0.15, 0.2) is 5.78 Å². The summed E-state index contributed by atoms with van der Waals surface area (Å²) < 4.78 is 0. The van der Waals surface area contributed by atoms with E-state index in [1.165, 1.54) is 12.1 Å². The van der Waals surface area contributed by atoms with Crippen LogP contribution < -0.4 is 10.6 Å². The average molecular weight is 339 g/mol. The van der Waals surface area contributed by atoms with Crippen LogP contribution in [0.25, 0.3) is 6.08 Å². The van der Waals surface area contributed by atoms with Crippen LogP contribution in [0.15, 0.2) is 35.9 Å². The SMILES string of the molecule is CC(C)(C)C(=O)c1cc2c([nH]1)NCC(C(=O)Nc1cccc(O)c1)=C2. The summed E-state index contributed by atoms with van der Waals surface area (Å²) in [5.74, 6) is 0.588. The Kier molecular flexibility index (Phi) is 4.12. The number of phenols is 1. The number of aromatic hydroxyl groups is 1. The number of hydrogen-bond acceptors (Lipinski definition) is 4. The van der Waals surface area contributed by atoms with Gasteiger partial charge in [-0.05, 0) is 24.3 Å². The summed E-state index contributed by atoms with van der Waals surface area (Å²) in [5, 5.41) is 15.4. The van der Waals surface area contributed by atoms with E-state index >= 15 is 0 Å². The zero-order valence-electron chi connectivity index (χ0n) is 14.4. The van der Waals surface area contributed by atoms with Gasteiger partial charge in [0.05, 0.1) is 5.69 Å². The predicted octanol–water partition coefficient (Wildman–Crippen LogP) is 3.40. The smallest absolute Gasteiger partial charge is 0.253 e. The van der Waals surface area contributed by atoms with Crippen LogP contribution in [0.1, 0.15) is 36.8 Å². The molecule has 0 spiro atoms. The normalized spacial score (nSPS) is 13.5. The summed E-state index contributed by atoms with van der Waals surface area (Å²) in [6.45, 7) is 5.95. The first-order valence-electron chi connectivity index (χ1n) is 8.07. The van der Waals surface area contributed by atoms with Gasteiger partial charge in [0, 0.05) is 34.9 Å². The first-order chi connectivity index (χ1) is 11.7. The molecule has 0 atom stereocenters. The number of fused-ring (bicyclic) bond motifs is 1. The van der Waals surface area contributed by atoms with Crippen molar-refractivity contribution < 1.29 is 14.7 Å². The van der Waals surface area contributed by atoms with Gasteiger partial charge in [0.1, 0.15) is 11.6 Å². The lowest BCUT2D eigenvalue weighted by Gasteiger charge is -2.16. The highest BCUT2D eigenvalue weighted by Crippen LogP contribution is 2.28. The van der Waals surface area contributed by atoms with E-state index < -0.39 is 5.41 Å². The zero-order chi connectivity index (χ0) is 18.2. The number of amides is 1. The Balaban J connectivity index is 1.81. The summed E-state index contributed by atoms with van der Waals surface area (Å²) in [5.41, 5.74) is 1.89. The van der Waals surface area contributed by atoms with Crippen molar-refractivity contribution in [2.24, 2.45) is 5.41 Å². The Morgan fingerprint density at radius 1 is 1.20 bits per heavy atom. The van der Waals surface area contributed by atoms with Crippen LogP contribution >= 0.6 is 0 Å². The number of benzene rings is 1. The molecule has 1 aliphatic heterocycles. The third-order valence-electron chi connectivity index (χ3n) is 3.96. The van der Waals surface area contributed by atoms with Crippen molar-refractivity contribution in [3.63, 3.8) is 0 Å². The molecule has 0 radical (unpaired) electrons. The van der Waals surface area contributed by atoms with Gasteiger partial charge in [0.25, 0.3) is 5.91 Å². The molecule has 1 aromatic heterocycles. The fourth-order valence-corrected chi connectivity index (χ4v) is 2.62. The Bertz CT molecular complexity index is 872. The number of nitrogens with one attached hydrogen (secondary N) is 3. The van der Waals surface area contributed by atoms with Crippen molar-refractivity contribution in [2.45, 2.75) is 20.8 Å². The van der Waals surface area contributed by atoms with Crippen LogP contribution in [0.4, 0.5) is 11.5 Å². The highest BCUT2D eigenvalue weighted by Gasteiger charge is 2.26. The maximum Gasteiger partial charge on any atom is 0.253 e. The van der Waals surface area contributed by atoms with Crippen LogP contribution in [0.3, 0.4) is 0 Å². The molecule has 0 fully saturated rings. The summed E-state index contributed by atoms with van der Waals surface area (Å²) in [6.07, 6.45) is 1.76. The number of carbonyl (C=O) groups excluding carboxylic acids is 2. The molecule has 4 N–H and O–H groups in total. The van der Waals surface area contributed by atoms with Crippen molar-refractivity contribution in [2.75, 3.05) is 17.2 Å². The van der Waals surface area contributed by atoms with Crippen molar-refractivity contribution in [3.8, 4) is 5.75 Å². The van der Waals surface area contributed by atoms with E-state index in [0.717, 1.165) is 11.4 Å². The van der Waals surface area contributed by atoms with Gasteiger partial charge in [-0.1, -0.05) is 26.8 Å². The van der Waals surface area contributed by atoms with E-state index in [4.69, 9.17) is 0 Å². The average Bonchev–Trinajstić information content (AvgIpc) is 2.96. The highest BCUT2D eigenvalue weighted by atomic mass is 16.3. The summed E-state index contributed by atoms with van der Waals surface area (Å²) in [6, 6.07) is 8.15. The molecule has 6 heteroatoms. The molecule has 0 unspecified atom stereocenters. The second kappa shape index (κ2) is 6.12. The van der Waals surface area contributed by atoms with E-state index in [-0.39, 0.29) is 17.4 Å².